The molecule has 1 unspecified atom stereocenters. The number of nitrogens with zero attached hydrogens (tertiary/aromatic N) is 1. The molecule has 0 aromatic heterocycles. The lowest BCUT2D eigenvalue weighted by Gasteiger charge is -2.07. The Morgan fingerprint density at radius 3 is 2.73 bits per heavy atom. The molecule has 0 amide bonds. The molecule has 0 aromatic rings. The Morgan fingerprint density at radius 2 is 2.18 bits per heavy atom. The third kappa shape index (κ3) is 7.30. The van der Waals surface area contributed by atoms with Gasteiger partial charge in [-0.15, -0.1) is 4.91 Å². The zero-order chi connectivity index (χ0) is 8.53. The largest absolute Gasteiger partial charge is 0.364 e. The SMILES string of the molecule is CCCCC(C)CCON=O. The van der Waals surface area contributed by atoms with Crippen molar-refractivity contribution in [3.05, 3.63) is 4.91 Å². The Balaban J connectivity index is 3.08. The monoisotopic (exact) mass is 159 g/mol. The van der Waals surface area contributed by atoms with Gasteiger partial charge in [-0.1, -0.05) is 33.1 Å². The molecule has 0 radical (unpaired) electrons. The van der Waals surface area contributed by atoms with Crippen molar-refractivity contribution in [3.8, 4) is 0 Å². The molecule has 0 N–H and O–H groups in total. The van der Waals surface area contributed by atoms with Gasteiger partial charge in [0.05, 0.1) is 0 Å². The average molecular weight is 159 g/mol. The topological polar surface area (TPSA) is 38.7 Å². The molecule has 0 fully saturated rings. The van der Waals surface area contributed by atoms with Crippen LogP contribution in [-0.4, -0.2) is 6.61 Å². The summed E-state index contributed by atoms with van der Waals surface area (Å²) >= 11 is 0. The maximum atomic E-state index is 9.53. The molecule has 3 heteroatoms. The lowest BCUT2D eigenvalue weighted by Crippen LogP contribution is -1.98. The Labute approximate surface area is 68.1 Å². The van der Waals surface area contributed by atoms with Gasteiger partial charge in [0, 0.05) is 0 Å². The molecule has 0 rings (SSSR count). The van der Waals surface area contributed by atoms with E-state index in [0.717, 1.165) is 6.42 Å². The summed E-state index contributed by atoms with van der Waals surface area (Å²) in [5.41, 5.74) is 0. The summed E-state index contributed by atoms with van der Waals surface area (Å²) in [6.45, 7) is 4.81. The summed E-state index contributed by atoms with van der Waals surface area (Å²) in [6.07, 6.45) is 4.65. The second-order valence-electron chi connectivity index (χ2n) is 2.94. The van der Waals surface area contributed by atoms with E-state index in [2.05, 4.69) is 24.0 Å². The van der Waals surface area contributed by atoms with E-state index >= 15 is 0 Å². The number of hydrogen-bond acceptors (Lipinski definition) is 3. The van der Waals surface area contributed by atoms with Gasteiger partial charge in [0.1, 0.15) is 6.61 Å². The second kappa shape index (κ2) is 7.51. The van der Waals surface area contributed by atoms with Crippen LogP contribution in [0.1, 0.15) is 39.5 Å². The van der Waals surface area contributed by atoms with Gasteiger partial charge in [-0.05, 0) is 12.3 Å². The van der Waals surface area contributed by atoms with E-state index in [1.54, 1.807) is 0 Å². The summed E-state index contributed by atoms with van der Waals surface area (Å²) in [4.78, 5) is 13.9. The van der Waals surface area contributed by atoms with Gasteiger partial charge < -0.3 is 4.84 Å². The maximum absolute atomic E-state index is 9.53. The van der Waals surface area contributed by atoms with Crippen molar-refractivity contribution in [1.82, 2.24) is 0 Å². The Morgan fingerprint density at radius 1 is 1.45 bits per heavy atom. The first kappa shape index (κ1) is 10.4. The van der Waals surface area contributed by atoms with Crippen LogP contribution in [0.4, 0.5) is 0 Å². The average Bonchev–Trinajstić information content (AvgIpc) is 2.01. The Hall–Kier alpha value is -0.600. The van der Waals surface area contributed by atoms with Crippen LogP contribution in [-0.2, 0) is 4.84 Å². The highest BCUT2D eigenvalue weighted by atomic mass is 16.7. The summed E-state index contributed by atoms with van der Waals surface area (Å²) in [7, 11) is 0. The minimum Gasteiger partial charge on any atom is -0.364 e. The molecule has 66 valence electrons. The summed E-state index contributed by atoms with van der Waals surface area (Å²) < 4.78 is 0. The van der Waals surface area contributed by atoms with Crippen LogP contribution < -0.4 is 0 Å². The third-order valence-corrected chi connectivity index (χ3v) is 1.81. The molecule has 0 saturated carbocycles. The van der Waals surface area contributed by atoms with Crippen molar-refractivity contribution in [3.63, 3.8) is 0 Å². The molecule has 0 saturated heterocycles. The zero-order valence-corrected chi connectivity index (χ0v) is 7.38. The predicted octanol–water partition coefficient (Wildman–Crippen LogP) is 2.90. The first-order valence-electron chi connectivity index (χ1n) is 4.25. The summed E-state index contributed by atoms with van der Waals surface area (Å²) in [5.74, 6) is 0.650. The van der Waals surface area contributed by atoms with Gasteiger partial charge >= 0.3 is 0 Å². The number of unbranched alkanes of at least 4 members (excludes halogenated alkanes) is 1. The highest BCUT2D eigenvalue weighted by Crippen LogP contribution is 2.11. The van der Waals surface area contributed by atoms with Crippen molar-refractivity contribution in [2.24, 2.45) is 11.3 Å². The third-order valence-electron chi connectivity index (χ3n) is 1.81. The Kier molecular flexibility index (Phi) is 7.10. The van der Waals surface area contributed by atoms with Gasteiger partial charge in [-0.3, -0.25) is 0 Å². The Bertz CT molecular complexity index is 96.1. The van der Waals surface area contributed by atoms with E-state index in [1.807, 2.05) is 0 Å². The lowest BCUT2D eigenvalue weighted by atomic mass is 10.0. The van der Waals surface area contributed by atoms with Gasteiger partial charge in [0.2, 0.25) is 0 Å². The maximum Gasteiger partial charge on any atom is 0.155 e. The fourth-order valence-electron chi connectivity index (χ4n) is 0.988. The molecule has 0 aromatic carbocycles. The van der Waals surface area contributed by atoms with Crippen molar-refractivity contribution in [2.75, 3.05) is 6.61 Å². The van der Waals surface area contributed by atoms with Gasteiger partial charge in [-0.2, -0.15) is 0 Å². The first-order chi connectivity index (χ1) is 5.31. The lowest BCUT2D eigenvalue weighted by molar-refractivity contribution is 0.125. The summed E-state index contributed by atoms with van der Waals surface area (Å²) in [6, 6.07) is 0. The first-order valence-corrected chi connectivity index (χ1v) is 4.25. The zero-order valence-electron chi connectivity index (χ0n) is 7.38. The van der Waals surface area contributed by atoms with Crippen molar-refractivity contribution in [2.45, 2.75) is 39.5 Å². The smallest absolute Gasteiger partial charge is 0.155 e. The molecular formula is C8H17NO2. The minimum atomic E-state index is 0.467. The molecule has 0 aliphatic carbocycles. The normalized spacial score (nSPS) is 12.5. The number of hydrogen-bond donors (Lipinski definition) is 0. The van der Waals surface area contributed by atoms with Crippen LogP contribution in [0.2, 0.25) is 0 Å². The van der Waals surface area contributed by atoms with Crippen molar-refractivity contribution < 1.29 is 4.84 Å². The van der Waals surface area contributed by atoms with Gasteiger partial charge in [0.15, 0.2) is 5.34 Å². The predicted molar refractivity (Wildman–Crippen MR) is 45.1 cm³/mol. The molecule has 0 aliphatic heterocycles. The van der Waals surface area contributed by atoms with Crippen molar-refractivity contribution >= 4 is 0 Å². The second-order valence-corrected chi connectivity index (χ2v) is 2.94. The van der Waals surface area contributed by atoms with Crippen LogP contribution in [0.25, 0.3) is 0 Å². The fourth-order valence-corrected chi connectivity index (χ4v) is 0.988. The van der Waals surface area contributed by atoms with Gasteiger partial charge in [-0.25, -0.2) is 0 Å². The van der Waals surface area contributed by atoms with E-state index in [4.69, 9.17) is 0 Å². The number of rotatable bonds is 7. The van der Waals surface area contributed by atoms with Crippen LogP contribution in [0.5, 0.6) is 0 Å². The molecular weight excluding hydrogens is 142 g/mol. The van der Waals surface area contributed by atoms with E-state index in [0.29, 0.717) is 12.5 Å². The van der Waals surface area contributed by atoms with Crippen LogP contribution in [0, 0.1) is 10.8 Å². The van der Waals surface area contributed by atoms with Crippen molar-refractivity contribution in [1.29, 1.82) is 0 Å². The highest BCUT2D eigenvalue weighted by Gasteiger charge is 2.00. The van der Waals surface area contributed by atoms with E-state index in [-0.39, 0.29) is 0 Å². The summed E-state index contributed by atoms with van der Waals surface area (Å²) in [5, 5.41) is 2.34. The molecule has 0 bridgehead atoms. The molecule has 3 nitrogen and oxygen atoms in total. The van der Waals surface area contributed by atoms with Crippen LogP contribution in [0.3, 0.4) is 0 Å². The molecule has 11 heavy (non-hydrogen) atoms. The standard InChI is InChI=1S/C8H17NO2/c1-3-4-5-8(2)6-7-11-9-10/h8H,3-7H2,1-2H3. The quantitative estimate of drug-likeness (QED) is 0.325. The van der Waals surface area contributed by atoms with E-state index < -0.39 is 0 Å². The highest BCUT2D eigenvalue weighted by molar-refractivity contribution is 4.51. The molecule has 0 heterocycles. The minimum absolute atomic E-state index is 0.467. The van der Waals surface area contributed by atoms with E-state index in [9.17, 15) is 4.91 Å². The fraction of sp³-hybridized carbons (Fsp3) is 1.00. The van der Waals surface area contributed by atoms with Gasteiger partial charge in [0.25, 0.3) is 0 Å². The molecule has 0 aliphatic rings. The van der Waals surface area contributed by atoms with Crippen LogP contribution in [0.15, 0.2) is 5.34 Å². The molecule has 1 atom stereocenters. The van der Waals surface area contributed by atoms with E-state index in [1.165, 1.54) is 19.3 Å². The molecule has 0 spiro atoms. The van der Waals surface area contributed by atoms with Crippen LogP contribution >= 0.6 is 0 Å².